The highest BCUT2D eigenvalue weighted by molar-refractivity contribution is 6.64. The Morgan fingerprint density at radius 1 is 1.53 bits per heavy atom. The summed E-state index contributed by atoms with van der Waals surface area (Å²) in [5.74, 6) is 0. The van der Waals surface area contributed by atoms with Gasteiger partial charge >= 0.3 is 0 Å². The maximum Gasteiger partial charge on any atom is 0.278 e. The van der Waals surface area contributed by atoms with E-state index in [1.54, 1.807) is 0 Å². The maximum atomic E-state index is 10.4. The summed E-state index contributed by atoms with van der Waals surface area (Å²) < 4.78 is 0. The van der Waals surface area contributed by atoms with Gasteiger partial charge in [-0.3, -0.25) is 5.32 Å². The molecule has 0 bridgehead atoms. The van der Waals surface area contributed by atoms with E-state index in [0.717, 1.165) is 24.6 Å². The van der Waals surface area contributed by atoms with Gasteiger partial charge in [0.15, 0.2) is 0 Å². The summed E-state index contributed by atoms with van der Waals surface area (Å²) in [4.78, 5) is 10.4. The zero-order chi connectivity index (χ0) is 13.7. The van der Waals surface area contributed by atoms with Gasteiger partial charge in [0.05, 0.1) is 12.3 Å². The van der Waals surface area contributed by atoms with Crippen LogP contribution in [-0.4, -0.2) is 25.2 Å². The Hall–Kier alpha value is -1.64. The fraction of sp³-hybridized carbons (Fsp3) is 0.429. The summed E-state index contributed by atoms with van der Waals surface area (Å²) in [5.41, 5.74) is 0.608. The highest BCUT2D eigenvalue weighted by Crippen LogP contribution is 2.34. The molecule has 0 amide bonds. The first kappa shape index (κ1) is 13.8. The molecule has 0 saturated heterocycles. The lowest BCUT2D eigenvalue weighted by Crippen LogP contribution is -2.67. The molecule has 2 rings (SSSR count). The zero-order valence-electron chi connectivity index (χ0n) is 11.1. The predicted molar refractivity (Wildman–Crippen MR) is 76.4 cm³/mol. The first-order valence-electron chi connectivity index (χ1n) is 6.63. The van der Waals surface area contributed by atoms with Crippen LogP contribution in [0, 0.1) is 11.3 Å². The van der Waals surface area contributed by atoms with Gasteiger partial charge in [-0.25, -0.2) is 0 Å². The number of rotatable bonds is 6. The molecule has 3 unspecified atom stereocenters. The van der Waals surface area contributed by atoms with E-state index in [1.165, 1.54) is 0 Å². The largest absolute Gasteiger partial charge is 0.348 e. The maximum absolute atomic E-state index is 10.4. The van der Waals surface area contributed by atoms with Crippen LogP contribution in [0.15, 0.2) is 30.3 Å². The SMILES string of the molecule is CC(NC1(C#N)CCC1NBC=O)c1ccccc1. The molecule has 1 aromatic carbocycles. The quantitative estimate of drug-likeness (QED) is 0.585. The second-order valence-electron chi connectivity index (χ2n) is 5.03. The minimum absolute atomic E-state index is 0.0499. The Labute approximate surface area is 114 Å². The molecule has 1 aliphatic carbocycles. The number of carbonyl (C=O) groups excluding carboxylic acids is 1. The highest BCUT2D eigenvalue weighted by atomic mass is 16.1. The lowest BCUT2D eigenvalue weighted by molar-refractivity contribution is 0.177. The van der Waals surface area contributed by atoms with Crippen molar-refractivity contribution in [2.45, 2.75) is 37.4 Å². The van der Waals surface area contributed by atoms with Crippen molar-refractivity contribution in [2.75, 3.05) is 0 Å². The number of hydrogen-bond acceptors (Lipinski definition) is 4. The molecule has 1 saturated carbocycles. The van der Waals surface area contributed by atoms with Gasteiger partial charge < -0.3 is 10.0 Å². The van der Waals surface area contributed by atoms with Crippen molar-refractivity contribution >= 4 is 13.6 Å². The zero-order valence-corrected chi connectivity index (χ0v) is 11.1. The van der Waals surface area contributed by atoms with Crippen LogP contribution in [0.25, 0.3) is 0 Å². The van der Waals surface area contributed by atoms with E-state index in [2.05, 4.69) is 35.7 Å². The summed E-state index contributed by atoms with van der Waals surface area (Å²) >= 11 is 0. The molecule has 0 spiro atoms. The Bertz CT molecular complexity index is 473. The van der Waals surface area contributed by atoms with Crippen molar-refractivity contribution in [1.82, 2.24) is 10.5 Å². The third kappa shape index (κ3) is 2.86. The number of hydrogen-bond donors (Lipinski definition) is 2. The smallest absolute Gasteiger partial charge is 0.278 e. The fourth-order valence-corrected chi connectivity index (χ4v) is 2.59. The molecular formula is C14H18BN3O. The van der Waals surface area contributed by atoms with E-state index in [-0.39, 0.29) is 12.1 Å². The van der Waals surface area contributed by atoms with Crippen LogP contribution in [0.1, 0.15) is 31.4 Å². The topological polar surface area (TPSA) is 64.9 Å². The second-order valence-corrected chi connectivity index (χ2v) is 5.03. The van der Waals surface area contributed by atoms with Crippen molar-refractivity contribution in [3.05, 3.63) is 35.9 Å². The van der Waals surface area contributed by atoms with Crippen molar-refractivity contribution in [1.29, 1.82) is 5.26 Å². The van der Waals surface area contributed by atoms with Crippen molar-refractivity contribution < 1.29 is 4.79 Å². The normalized spacial score (nSPS) is 26.8. The summed E-state index contributed by atoms with van der Waals surface area (Å²) in [7, 11) is 0.301. The molecule has 4 nitrogen and oxygen atoms in total. The highest BCUT2D eigenvalue weighted by Gasteiger charge is 2.47. The van der Waals surface area contributed by atoms with Gasteiger partial charge in [0, 0.05) is 12.1 Å². The lowest BCUT2D eigenvalue weighted by atomic mass is 9.70. The van der Waals surface area contributed by atoms with Gasteiger partial charge in [0.2, 0.25) is 0 Å². The standard InChI is InChI=1S/C14H18BN3O/c1-11(12-5-3-2-4-6-12)17-14(9-16)8-7-13(14)18-15-10-19/h2-6,10-11,13,15,17-18H,7-8H2,1H3. The predicted octanol–water partition coefficient (Wildman–Crippen LogP) is 0.893. The van der Waals surface area contributed by atoms with Gasteiger partial charge in [-0.05, 0) is 25.3 Å². The molecule has 3 atom stereocenters. The number of nitrogens with zero attached hydrogens (tertiary/aromatic N) is 1. The van der Waals surface area contributed by atoms with Crippen molar-refractivity contribution in [3.8, 4) is 6.07 Å². The molecule has 98 valence electrons. The van der Waals surface area contributed by atoms with Crippen LogP contribution in [0.5, 0.6) is 0 Å². The third-order valence-corrected chi connectivity index (χ3v) is 3.84. The molecule has 1 fully saturated rings. The van der Waals surface area contributed by atoms with Gasteiger partial charge in [-0.15, -0.1) is 0 Å². The molecule has 0 aromatic heterocycles. The average molecular weight is 255 g/mol. The number of benzene rings is 1. The van der Waals surface area contributed by atoms with E-state index in [0.29, 0.717) is 7.41 Å². The molecule has 0 heterocycles. The Morgan fingerprint density at radius 3 is 2.79 bits per heavy atom. The molecule has 0 radical (unpaired) electrons. The fourth-order valence-electron chi connectivity index (χ4n) is 2.59. The summed E-state index contributed by atoms with van der Waals surface area (Å²) in [6.07, 6.45) is 2.58. The van der Waals surface area contributed by atoms with Crippen molar-refractivity contribution in [2.24, 2.45) is 0 Å². The van der Waals surface area contributed by atoms with E-state index < -0.39 is 5.54 Å². The monoisotopic (exact) mass is 255 g/mol. The van der Waals surface area contributed by atoms with Gasteiger partial charge in [0.25, 0.3) is 7.41 Å². The minimum Gasteiger partial charge on any atom is -0.348 e. The molecular weight excluding hydrogens is 237 g/mol. The van der Waals surface area contributed by atoms with Crippen LogP contribution in [0.2, 0.25) is 0 Å². The molecule has 2 N–H and O–H groups in total. The Morgan fingerprint density at radius 2 is 2.26 bits per heavy atom. The van der Waals surface area contributed by atoms with Crippen LogP contribution in [-0.2, 0) is 4.79 Å². The third-order valence-electron chi connectivity index (χ3n) is 3.84. The number of nitriles is 1. The van der Waals surface area contributed by atoms with E-state index in [9.17, 15) is 10.1 Å². The van der Waals surface area contributed by atoms with Crippen LogP contribution in [0.3, 0.4) is 0 Å². The van der Waals surface area contributed by atoms with Crippen LogP contribution in [0.4, 0.5) is 0 Å². The lowest BCUT2D eigenvalue weighted by Gasteiger charge is -2.47. The summed E-state index contributed by atoms with van der Waals surface area (Å²) in [6.45, 7) is 2.06. The minimum atomic E-state index is -0.557. The first-order chi connectivity index (χ1) is 9.22. The Kier molecular flexibility index (Phi) is 4.36. The van der Waals surface area contributed by atoms with E-state index >= 15 is 0 Å². The van der Waals surface area contributed by atoms with Crippen molar-refractivity contribution in [3.63, 3.8) is 0 Å². The van der Waals surface area contributed by atoms with Crippen LogP contribution >= 0.6 is 0 Å². The molecule has 5 heteroatoms. The van der Waals surface area contributed by atoms with E-state index in [4.69, 9.17) is 0 Å². The Balaban J connectivity index is 2.03. The number of carbonyl (C=O) groups is 1. The average Bonchev–Trinajstić information content (AvgIpc) is 2.44. The summed E-state index contributed by atoms with van der Waals surface area (Å²) in [6, 6.07) is 12.6. The molecule has 1 aliphatic rings. The molecule has 19 heavy (non-hydrogen) atoms. The second kappa shape index (κ2) is 6.00. The summed E-state index contributed by atoms with van der Waals surface area (Å²) in [5, 5.41) is 16.0. The first-order valence-corrected chi connectivity index (χ1v) is 6.63. The van der Waals surface area contributed by atoms with Crippen LogP contribution < -0.4 is 10.5 Å². The molecule has 0 aliphatic heterocycles. The number of nitrogens with one attached hydrogen (secondary N) is 2. The van der Waals surface area contributed by atoms with Gasteiger partial charge in [0.1, 0.15) is 5.54 Å². The van der Waals surface area contributed by atoms with E-state index in [1.807, 2.05) is 18.2 Å². The van der Waals surface area contributed by atoms with Gasteiger partial charge in [-0.1, -0.05) is 30.3 Å². The molecule has 1 aromatic rings. The van der Waals surface area contributed by atoms with Gasteiger partial charge in [-0.2, -0.15) is 5.26 Å².